The number of nitrogens with zero attached hydrogens (tertiary/aromatic N) is 3. The van der Waals surface area contributed by atoms with Gasteiger partial charge >= 0.3 is 0 Å². The highest BCUT2D eigenvalue weighted by atomic mass is 32.1. The molecule has 3 aromatic rings. The average Bonchev–Trinajstić information content (AvgIpc) is 3.11. The van der Waals surface area contributed by atoms with Crippen molar-refractivity contribution in [2.24, 2.45) is 10.1 Å². The minimum atomic E-state index is -0.263. The number of aromatic nitrogens is 1. The fourth-order valence-electron chi connectivity index (χ4n) is 2.02. The first-order chi connectivity index (χ1) is 10.7. The van der Waals surface area contributed by atoms with Gasteiger partial charge < -0.3 is 4.42 Å². The Morgan fingerprint density at radius 2 is 1.95 bits per heavy atom. The van der Waals surface area contributed by atoms with E-state index in [9.17, 15) is 4.39 Å². The molecule has 6 heteroatoms. The molecule has 4 nitrogen and oxygen atoms in total. The second kappa shape index (κ2) is 6.11. The molecule has 22 heavy (non-hydrogen) atoms. The second-order valence-electron chi connectivity index (χ2n) is 4.64. The van der Waals surface area contributed by atoms with Gasteiger partial charge in [0.05, 0.1) is 11.9 Å². The number of halogens is 1. The van der Waals surface area contributed by atoms with Crippen molar-refractivity contribution in [3.63, 3.8) is 0 Å². The number of thiazole rings is 1. The van der Waals surface area contributed by atoms with Crippen molar-refractivity contribution in [1.82, 2.24) is 4.68 Å². The standard InChI is InChI=1S/C16H14FN3OS/c1-11-3-8-14(21-11)9-19-20-15(10-22-16(20)18-2)12-4-6-13(17)7-5-12/h3-10H,1-2H3/b18-16?,19-9-. The summed E-state index contributed by atoms with van der Waals surface area (Å²) in [5, 5.41) is 6.38. The Labute approximate surface area is 130 Å². The summed E-state index contributed by atoms with van der Waals surface area (Å²) in [6.07, 6.45) is 1.64. The molecule has 0 radical (unpaired) electrons. The van der Waals surface area contributed by atoms with E-state index < -0.39 is 0 Å². The van der Waals surface area contributed by atoms with Crippen LogP contribution in [0.15, 0.2) is 56.3 Å². The SMILES string of the molecule is CN=c1scc(-c2ccc(F)cc2)n1/N=C\c1ccc(C)o1. The van der Waals surface area contributed by atoms with Gasteiger partial charge in [-0.1, -0.05) is 0 Å². The van der Waals surface area contributed by atoms with Gasteiger partial charge in [0.1, 0.15) is 17.3 Å². The van der Waals surface area contributed by atoms with Crippen molar-refractivity contribution in [1.29, 1.82) is 0 Å². The number of hydrogen-bond donors (Lipinski definition) is 0. The maximum absolute atomic E-state index is 13.1. The van der Waals surface area contributed by atoms with E-state index in [1.54, 1.807) is 30.1 Å². The molecule has 1 aromatic carbocycles. The lowest BCUT2D eigenvalue weighted by Gasteiger charge is -2.02. The zero-order valence-electron chi connectivity index (χ0n) is 12.2. The molecule has 0 unspecified atom stereocenters. The van der Waals surface area contributed by atoms with Gasteiger partial charge in [-0.15, -0.1) is 11.3 Å². The molecule has 0 saturated carbocycles. The summed E-state index contributed by atoms with van der Waals surface area (Å²) in [5.41, 5.74) is 1.73. The van der Waals surface area contributed by atoms with E-state index in [1.165, 1.54) is 23.5 Å². The van der Waals surface area contributed by atoms with Crippen LogP contribution in [0, 0.1) is 12.7 Å². The minimum Gasteiger partial charge on any atom is -0.460 e. The molecular formula is C16H14FN3OS. The number of rotatable bonds is 3. The predicted octanol–water partition coefficient (Wildman–Crippen LogP) is 3.67. The van der Waals surface area contributed by atoms with Crippen LogP contribution in [0.25, 0.3) is 11.3 Å². The first kappa shape index (κ1) is 14.5. The van der Waals surface area contributed by atoms with Crippen LogP contribution in [0.5, 0.6) is 0 Å². The molecule has 0 atom stereocenters. The molecule has 0 bridgehead atoms. The van der Waals surface area contributed by atoms with Crippen LogP contribution in [-0.2, 0) is 0 Å². The molecule has 0 aliphatic rings. The monoisotopic (exact) mass is 315 g/mol. The molecule has 0 amide bonds. The van der Waals surface area contributed by atoms with Gasteiger partial charge in [-0.3, -0.25) is 4.99 Å². The summed E-state index contributed by atoms with van der Waals surface area (Å²) >= 11 is 1.47. The van der Waals surface area contributed by atoms with Crippen LogP contribution in [-0.4, -0.2) is 17.9 Å². The van der Waals surface area contributed by atoms with E-state index in [0.29, 0.717) is 5.76 Å². The lowest BCUT2D eigenvalue weighted by Crippen LogP contribution is -2.11. The lowest BCUT2D eigenvalue weighted by molar-refractivity contribution is 0.527. The summed E-state index contributed by atoms with van der Waals surface area (Å²) in [6, 6.07) is 10.0. The smallest absolute Gasteiger partial charge is 0.205 e. The Morgan fingerprint density at radius 1 is 1.18 bits per heavy atom. The maximum atomic E-state index is 13.1. The number of benzene rings is 1. The summed E-state index contributed by atoms with van der Waals surface area (Å²) in [7, 11) is 1.71. The highest BCUT2D eigenvalue weighted by Gasteiger charge is 2.07. The molecule has 0 saturated heterocycles. The second-order valence-corrected chi connectivity index (χ2v) is 5.48. The van der Waals surface area contributed by atoms with Crippen LogP contribution >= 0.6 is 11.3 Å². The van der Waals surface area contributed by atoms with E-state index in [-0.39, 0.29) is 5.82 Å². The molecular weight excluding hydrogens is 301 g/mol. The van der Waals surface area contributed by atoms with Crippen LogP contribution in [0.4, 0.5) is 4.39 Å². The van der Waals surface area contributed by atoms with E-state index in [0.717, 1.165) is 21.8 Å². The third-order valence-electron chi connectivity index (χ3n) is 3.08. The fraction of sp³-hybridized carbons (Fsp3) is 0.125. The van der Waals surface area contributed by atoms with Crippen LogP contribution in [0.1, 0.15) is 11.5 Å². The van der Waals surface area contributed by atoms with Crippen molar-refractivity contribution in [3.8, 4) is 11.3 Å². The van der Waals surface area contributed by atoms with E-state index in [1.807, 2.05) is 24.4 Å². The lowest BCUT2D eigenvalue weighted by atomic mass is 10.2. The van der Waals surface area contributed by atoms with Gasteiger partial charge in [0.2, 0.25) is 4.80 Å². The quantitative estimate of drug-likeness (QED) is 0.680. The average molecular weight is 315 g/mol. The molecule has 0 spiro atoms. The summed E-state index contributed by atoms with van der Waals surface area (Å²) in [6.45, 7) is 1.88. The molecule has 0 aliphatic carbocycles. The van der Waals surface area contributed by atoms with Gasteiger partial charge in [-0.2, -0.15) is 5.10 Å². The topological polar surface area (TPSA) is 42.8 Å². The van der Waals surface area contributed by atoms with E-state index >= 15 is 0 Å². The van der Waals surface area contributed by atoms with E-state index in [4.69, 9.17) is 4.42 Å². The maximum Gasteiger partial charge on any atom is 0.205 e. The Morgan fingerprint density at radius 3 is 2.59 bits per heavy atom. The third-order valence-corrected chi connectivity index (χ3v) is 3.99. The molecule has 0 N–H and O–H groups in total. The normalized spacial score (nSPS) is 12.4. The van der Waals surface area contributed by atoms with Crippen molar-refractivity contribution in [3.05, 3.63) is 63.9 Å². The van der Waals surface area contributed by atoms with Gasteiger partial charge in [0.15, 0.2) is 0 Å². The number of hydrogen-bond acceptors (Lipinski definition) is 4. The van der Waals surface area contributed by atoms with E-state index in [2.05, 4.69) is 10.1 Å². The van der Waals surface area contributed by atoms with Crippen LogP contribution in [0.2, 0.25) is 0 Å². The molecule has 0 fully saturated rings. The zero-order chi connectivity index (χ0) is 15.5. The number of aryl methyl sites for hydroxylation is 1. The Kier molecular flexibility index (Phi) is 4.02. The van der Waals surface area contributed by atoms with Crippen LogP contribution in [0.3, 0.4) is 0 Å². The van der Waals surface area contributed by atoms with Crippen molar-refractivity contribution in [2.45, 2.75) is 6.92 Å². The largest absolute Gasteiger partial charge is 0.460 e. The minimum absolute atomic E-state index is 0.263. The Balaban J connectivity index is 2.04. The predicted molar refractivity (Wildman–Crippen MR) is 85.6 cm³/mol. The van der Waals surface area contributed by atoms with Crippen molar-refractivity contribution < 1.29 is 8.81 Å². The molecule has 3 rings (SSSR count). The summed E-state index contributed by atoms with van der Waals surface area (Å²) in [5.74, 6) is 1.24. The van der Waals surface area contributed by atoms with Gasteiger partial charge in [0.25, 0.3) is 0 Å². The summed E-state index contributed by atoms with van der Waals surface area (Å²) in [4.78, 5) is 4.96. The van der Waals surface area contributed by atoms with Crippen molar-refractivity contribution >= 4 is 17.6 Å². The highest BCUT2D eigenvalue weighted by Crippen LogP contribution is 2.20. The highest BCUT2D eigenvalue weighted by molar-refractivity contribution is 7.07. The zero-order valence-corrected chi connectivity index (χ0v) is 13.0. The Bertz CT molecular complexity index is 871. The number of furan rings is 1. The fourth-order valence-corrected chi connectivity index (χ4v) is 2.82. The van der Waals surface area contributed by atoms with Gasteiger partial charge in [0, 0.05) is 18.0 Å². The van der Waals surface area contributed by atoms with Gasteiger partial charge in [-0.05, 0) is 43.3 Å². The first-order valence-corrected chi connectivity index (χ1v) is 7.55. The summed E-state index contributed by atoms with van der Waals surface area (Å²) < 4.78 is 20.3. The van der Waals surface area contributed by atoms with Crippen molar-refractivity contribution in [2.75, 3.05) is 7.05 Å². The van der Waals surface area contributed by atoms with Gasteiger partial charge in [-0.25, -0.2) is 9.07 Å². The molecule has 112 valence electrons. The third kappa shape index (κ3) is 2.92. The molecule has 2 heterocycles. The molecule has 0 aliphatic heterocycles. The molecule has 2 aromatic heterocycles. The first-order valence-electron chi connectivity index (χ1n) is 6.67. The Hall–Kier alpha value is -2.47. The van der Waals surface area contributed by atoms with Crippen LogP contribution < -0.4 is 4.80 Å².